The van der Waals surface area contributed by atoms with Crippen molar-refractivity contribution in [2.75, 3.05) is 51.1 Å². The summed E-state index contributed by atoms with van der Waals surface area (Å²) in [6.45, 7) is 6.12. The smallest absolute Gasteiger partial charge is 0.146 e. The van der Waals surface area contributed by atoms with E-state index in [4.69, 9.17) is 14.2 Å². The number of carbonyl (C=O) groups is 1. The highest BCUT2D eigenvalue weighted by atomic mass is 32.2. The molecule has 0 radical (unpaired) electrons. The van der Waals surface area contributed by atoms with Crippen LogP contribution < -0.4 is 0 Å². The highest BCUT2D eigenvalue weighted by Crippen LogP contribution is 2.22. The number of unbranched alkanes of at least 4 members (excludes halogenated alkanes) is 1. The van der Waals surface area contributed by atoms with Gasteiger partial charge in [0, 0.05) is 24.9 Å². The minimum atomic E-state index is 0.220. The molecule has 0 bridgehead atoms. The van der Waals surface area contributed by atoms with Crippen LogP contribution in [-0.2, 0) is 19.0 Å². The normalized spacial score (nSPS) is 19.2. The highest BCUT2D eigenvalue weighted by molar-refractivity contribution is 8.00. The molecule has 1 rings (SSSR count). The molecule has 5 heteroatoms. The Morgan fingerprint density at radius 3 is 2.26 bits per heavy atom. The van der Waals surface area contributed by atoms with E-state index in [1.54, 1.807) is 11.8 Å². The Bertz CT molecular complexity index is 235. The summed E-state index contributed by atoms with van der Waals surface area (Å²) in [6, 6.07) is 0. The minimum Gasteiger partial charge on any atom is -0.379 e. The van der Waals surface area contributed by atoms with Gasteiger partial charge in [-0.15, -0.1) is 0 Å². The first kappa shape index (κ1) is 17.0. The topological polar surface area (TPSA) is 44.8 Å². The first-order chi connectivity index (χ1) is 9.34. The molecule has 112 valence electrons. The largest absolute Gasteiger partial charge is 0.379 e. The fourth-order valence-electron chi connectivity index (χ4n) is 1.77. The van der Waals surface area contributed by atoms with Crippen LogP contribution in [0.25, 0.3) is 0 Å². The zero-order valence-electron chi connectivity index (χ0n) is 11.9. The van der Waals surface area contributed by atoms with Gasteiger partial charge in [0.15, 0.2) is 0 Å². The Labute approximate surface area is 120 Å². The molecular formula is C14H26O4S. The van der Waals surface area contributed by atoms with Crippen LogP contribution in [-0.4, -0.2) is 56.9 Å². The average molecular weight is 290 g/mol. The van der Waals surface area contributed by atoms with Gasteiger partial charge in [0.2, 0.25) is 0 Å². The van der Waals surface area contributed by atoms with Gasteiger partial charge in [-0.1, -0.05) is 13.3 Å². The number of rotatable bonds is 12. The van der Waals surface area contributed by atoms with E-state index in [1.165, 1.54) is 0 Å². The van der Waals surface area contributed by atoms with Crippen molar-refractivity contribution in [2.45, 2.75) is 26.2 Å². The Morgan fingerprint density at radius 1 is 1.05 bits per heavy atom. The Hall–Kier alpha value is -0.100. The van der Waals surface area contributed by atoms with Crippen molar-refractivity contribution in [2.24, 2.45) is 5.92 Å². The van der Waals surface area contributed by atoms with Crippen LogP contribution in [0.3, 0.4) is 0 Å². The van der Waals surface area contributed by atoms with E-state index in [0.717, 1.165) is 31.6 Å². The summed E-state index contributed by atoms with van der Waals surface area (Å²) in [5.41, 5.74) is 0. The second kappa shape index (κ2) is 11.7. The lowest BCUT2D eigenvalue weighted by Crippen LogP contribution is -2.15. The zero-order valence-corrected chi connectivity index (χ0v) is 12.7. The second-order valence-electron chi connectivity index (χ2n) is 4.66. The summed E-state index contributed by atoms with van der Waals surface area (Å²) in [5, 5.41) is 0. The summed E-state index contributed by atoms with van der Waals surface area (Å²) in [7, 11) is 0. The van der Waals surface area contributed by atoms with Gasteiger partial charge in [-0.2, -0.15) is 11.8 Å². The third kappa shape index (κ3) is 8.63. The van der Waals surface area contributed by atoms with Crippen LogP contribution in [0.4, 0.5) is 0 Å². The van der Waals surface area contributed by atoms with Crippen LogP contribution in [0, 0.1) is 5.92 Å². The van der Waals surface area contributed by atoms with Gasteiger partial charge < -0.3 is 14.2 Å². The fourth-order valence-corrected chi connectivity index (χ4v) is 2.96. The minimum absolute atomic E-state index is 0.220. The van der Waals surface area contributed by atoms with Crippen LogP contribution in [0.15, 0.2) is 0 Å². The molecule has 0 spiro atoms. The maximum absolute atomic E-state index is 11.4. The molecule has 1 aliphatic heterocycles. The van der Waals surface area contributed by atoms with E-state index in [9.17, 15) is 4.79 Å². The van der Waals surface area contributed by atoms with Crippen molar-refractivity contribution in [3.63, 3.8) is 0 Å². The molecular weight excluding hydrogens is 264 g/mol. The fraction of sp³-hybridized carbons (Fsp3) is 0.929. The molecule has 0 N–H and O–H groups in total. The Balaban J connectivity index is 1.75. The van der Waals surface area contributed by atoms with Crippen LogP contribution in [0.5, 0.6) is 0 Å². The number of carbonyl (C=O) groups excluding carboxylic acids is 1. The van der Waals surface area contributed by atoms with Crippen molar-refractivity contribution in [1.29, 1.82) is 0 Å². The number of ketones is 1. The number of hydrogen-bond donors (Lipinski definition) is 0. The third-order valence-electron chi connectivity index (χ3n) is 3.02. The van der Waals surface area contributed by atoms with Crippen LogP contribution in [0.2, 0.25) is 0 Å². The molecule has 19 heavy (non-hydrogen) atoms. The predicted octanol–water partition coefficient (Wildman–Crippen LogP) is 2.16. The Morgan fingerprint density at radius 2 is 1.68 bits per heavy atom. The molecule has 0 amide bonds. The van der Waals surface area contributed by atoms with E-state index in [-0.39, 0.29) is 5.92 Å². The van der Waals surface area contributed by atoms with E-state index in [0.29, 0.717) is 44.6 Å². The first-order valence-electron chi connectivity index (χ1n) is 7.18. The van der Waals surface area contributed by atoms with Gasteiger partial charge in [0.25, 0.3) is 0 Å². The quantitative estimate of drug-likeness (QED) is 0.515. The van der Waals surface area contributed by atoms with Crippen molar-refractivity contribution < 1.29 is 19.0 Å². The van der Waals surface area contributed by atoms with Gasteiger partial charge in [-0.05, 0) is 12.8 Å². The molecule has 1 aliphatic rings. The van der Waals surface area contributed by atoms with Crippen molar-refractivity contribution in [1.82, 2.24) is 0 Å². The number of ether oxygens (including phenoxy) is 3. The van der Waals surface area contributed by atoms with Crippen molar-refractivity contribution in [3.8, 4) is 0 Å². The van der Waals surface area contributed by atoms with E-state index < -0.39 is 0 Å². The molecule has 1 fully saturated rings. The van der Waals surface area contributed by atoms with E-state index in [2.05, 4.69) is 6.92 Å². The predicted molar refractivity (Wildman–Crippen MR) is 77.8 cm³/mol. The Kier molecular flexibility index (Phi) is 10.4. The lowest BCUT2D eigenvalue weighted by molar-refractivity contribution is -0.119. The SMILES string of the molecule is CCCCOCCOCCOCCC1CSCC1=O. The van der Waals surface area contributed by atoms with Gasteiger partial charge in [0.1, 0.15) is 5.78 Å². The monoisotopic (exact) mass is 290 g/mol. The summed E-state index contributed by atoms with van der Waals surface area (Å²) in [4.78, 5) is 11.4. The summed E-state index contributed by atoms with van der Waals surface area (Å²) < 4.78 is 16.2. The van der Waals surface area contributed by atoms with Gasteiger partial charge in [-0.25, -0.2) is 0 Å². The summed E-state index contributed by atoms with van der Waals surface area (Å²) in [5.74, 6) is 2.26. The van der Waals surface area contributed by atoms with E-state index >= 15 is 0 Å². The van der Waals surface area contributed by atoms with Crippen molar-refractivity contribution in [3.05, 3.63) is 0 Å². The molecule has 0 aliphatic carbocycles. The maximum atomic E-state index is 11.4. The maximum Gasteiger partial charge on any atom is 0.146 e. The molecule has 1 heterocycles. The summed E-state index contributed by atoms with van der Waals surface area (Å²) >= 11 is 1.73. The second-order valence-corrected chi connectivity index (χ2v) is 5.69. The molecule has 0 aromatic heterocycles. The van der Waals surface area contributed by atoms with Crippen LogP contribution >= 0.6 is 11.8 Å². The van der Waals surface area contributed by atoms with E-state index in [1.807, 2.05) is 0 Å². The number of thioether (sulfide) groups is 1. The van der Waals surface area contributed by atoms with Crippen LogP contribution in [0.1, 0.15) is 26.2 Å². The first-order valence-corrected chi connectivity index (χ1v) is 8.33. The molecule has 0 saturated carbocycles. The lowest BCUT2D eigenvalue weighted by Gasteiger charge is -2.08. The molecule has 0 aromatic rings. The molecule has 1 saturated heterocycles. The number of hydrogen-bond acceptors (Lipinski definition) is 5. The third-order valence-corrected chi connectivity index (χ3v) is 4.14. The van der Waals surface area contributed by atoms with Gasteiger partial charge in [0.05, 0.1) is 32.2 Å². The number of Topliss-reactive ketones (excluding diaryl/α,β-unsaturated/α-hetero) is 1. The lowest BCUT2D eigenvalue weighted by atomic mass is 10.1. The summed E-state index contributed by atoms with van der Waals surface area (Å²) in [6.07, 6.45) is 3.13. The molecule has 4 nitrogen and oxygen atoms in total. The van der Waals surface area contributed by atoms with Crippen molar-refractivity contribution >= 4 is 17.5 Å². The molecule has 1 unspecified atom stereocenters. The standard InChI is InChI=1S/C14H26O4S/c1-2-3-5-16-7-9-18-10-8-17-6-4-13-11-19-12-14(13)15/h13H,2-12H2,1H3. The molecule has 1 atom stereocenters. The van der Waals surface area contributed by atoms with Gasteiger partial charge >= 0.3 is 0 Å². The van der Waals surface area contributed by atoms with Gasteiger partial charge in [-0.3, -0.25) is 4.79 Å². The average Bonchev–Trinajstić information content (AvgIpc) is 2.82. The zero-order chi connectivity index (χ0) is 13.8. The molecule has 0 aromatic carbocycles. The highest BCUT2D eigenvalue weighted by Gasteiger charge is 2.24.